The number of H-pyrrole nitrogens is 1. The van der Waals surface area contributed by atoms with E-state index in [1.54, 1.807) is 12.1 Å². The lowest BCUT2D eigenvalue weighted by atomic mass is 10.1. The molecule has 0 spiro atoms. The third-order valence-corrected chi connectivity index (χ3v) is 5.76. The van der Waals surface area contributed by atoms with E-state index in [0.29, 0.717) is 31.0 Å². The van der Waals surface area contributed by atoms with Crippen LogP contribution in [0.3, 0.4) is 0 Å². The van der Waals surface area contributed by atoms with Crippen LogP contribution in [0, 0.1) is 19.8 Å². The molecule has 0 saturated carbocycles. The number of carbonyl (C=O) groups is 1. The van der Waals surface area contributed by atoms with Gasteiger partial charge in [0.1, 0.15) is 5.82 Å². The molecule has 2 heterocycles. The van der Waals surface area contributed by atoms with Crippen LogP contribution in [-0.4, -0.2) is 31.8 Å². The predicted molar refractivity (Wildman–Crippen MR) is 135 cm³/mol. The van der Waals surface area contributed by atoms with Gasteiger partial charge in [-0.15, -0.1) is 0 Å². The monoisotopic (exact) mass is 466 g/mol. The minimum atomic E-state index is -0.661. The third-order valence-electron chi connectivity index (χ3n) is 5.76. The number of hydrogen-bond donors (Lipinski definition) is 2. The average molecular weight is 467 g/mol. The number of nitrogens with two attached hydrogens (primary N) is 1. The summed E-state index contributed by atoms with van der Waals surface area (Å²) in [4.78, 5) is 42.5. The van der Waals surface area contributed by atoms with Gasteiger partial charge in [-0.2, -0.15) is 5.10 Å². The SMILES string of the molecule is CCCCn1c(N)c(N(CCC(C)C)C(=O)c2ccc(-n3nc(C)cc3C)cc2)c(=O)[nH]c1=O. The Hall–Kier alpha value is -3.62. The maximum absolute atomic E-state index is 13.6. The van der Waals surface area contributed by atoms with E-state index in [1.165, 1.54) is 9.47 Å². The molecule has 0 aliphatic rings. The molecule has 1 amide bonds. The zero-order valence-corrected chi connectivity index (χ0v) is 20.6. The second kappa shape index (κ2) is 10.5. The van der Waals surface area contributed by atoms with E-state index in [-0.39, 0.29) is 17.4 Å². The summed E-state index contributed by atoms with van der Waals surface area (Å²) in [7, 11) is 0. The van der Waals surface area contributed by atoms with Gasteiger partial charge in [0.15, 0.2) is 5.69 Å². The van der Waals surface area contributed by atoms with Crippen molar-refractivity contribution in [2.24, 2.45) is 5.92 Å². The molecule has 2 aromatic heterocycles. The highest BCUT2D eigenvalue weighted by Gasteiger charge is 2.25. The van der Waals surface area contributed by atoms with Crippen LogP contribution in [0.5, 0.6) is 0 Å². The van der Waals surface area contributed by atoms with Crippen molar-refractivity contribution in [1.82, 2.24) is 19.3 Å². The second-order valence-corrected chi connectivity index (χ2v) is 9.02. The lowest BCUT2D eigenvalue weighted by molar-refractivity contribution is 0.0985. The van der Waals surface area contributed by atoms with Crippen molar-refractivity contribution in [3.8, 4) is 5.69 Å². The van der Waals surface area contributed by atoms with Gasteiger partial charge in [-0.05, 0) is 62.9 Å². The zero-order valence-electron chi connectivity index (χ0n) is 20.6. The quantitative estimate of drug-likeness (QED) is 0.501. The number of nitrogen functional groups attached to an aromatic ring is 1. The van der Waals surface area contributed by atoms with E-state index in [9.17, 15) is 14.4 Å². The zero-order chi connectivity index (χ0) is 25.0. The fraction of sp³-hybridized carbons (Fsp3) is 0.440. The molecule has 3 aromatic rings. The summed E-state index contributed by atoms with van der Waals surface area (Å²) >= 11 is 0. The fourth-order valence-corrected chi connectivity index (χ4v) is 3.87. The highest BCUT2D eigenvalue weighted by molar-refractivity contribution is 6.07. The van der Waals surface area contributed by atoms with Crippen LogP contribution in [0.1, 0.15) is 61.8 Å². The van der Waals surface area contributed by atoms with E-state index in [2.05, 4.69) is 10.1 Å². The number of rotatable bonds is 9. The van der Waals surface area contributed by atoms with E-state index >= 15 is 0 Å². The Morgan fingerprint density at radius 1 is 1.18 bits per heavy atom. The highest BCUT2D eigenvalue weighted by atomic mass is 16.2. The molecule has 0 bridgehead atoms. The number of carbonyl (C=O) groups excluding carboxylic acids is 1. The van der Waals surface area contributed by atoms with E-state index < -0.39 is 11.2 Å². The van der Waals surface area contributed by atoms with E-state index in [0.717, 1.165) is 29.9 Å². The van der Waals surface area contributed by atoms with Crippen molar-refractivity contribution in [1.29, 1.82) is 0 Å². The van der Waals surface area contributed by atoms with Crippen molar-refractivity contribution < 1.29 is 4.79 Å². The maximum Gasteiger partial charge on any atom is 0.330 e. The number of benzene rings is 1. The number of aromatic amines is 1. The first kappa shape index (κ1) is 25.0. The van der Waals surface area contributed by atoms with Crippen LogP contribution in [0.2, 0.25) is 0 Å². The van der Waals surface area contributed by atoms with Crippen LogP contribution in [0.15, 0.2) is 39.9 Å². The molecule has 0 saturated heterocycles. The predicted octanol–water partition coefficient (Wildman–Crippen LogP) is 3.41. The van der Waals surface area contributed by atoms with Crippen LogP contribution in [0.25, 0.3) is 5.69 Å². The Morgan fingerprint density at radius 3 is 2.41 bits per heavy atom. The van der Waals surface area contributed by atoms with Gasteiger partial charge in [-0.25, -0.2) is 9.48 Å². The number of nitrogens with one attached hydrogen (secondary N) is 1. The van der Waals surface area contributed by atoms with Gasteiger partial charge in [-0.3, -0.25) is 19.1 Å². The molecule has 9 heteroatoms. The molecular weight excluding hydrogens is 432 g/mol. The molecule has 0 radical (unpaired) electrons. The van der Waals surface area contributed by atoms with Crippen molar-refractivity contribution in [2.45, 2.75) is 60.4 Å². The topological polar surface area (TPSA) is 119 Å². The Kier molecular flexibility index (Phi) is 7.75. The lowest BCUT2D eigenvalue weighted by Crippen LogP contribution is -2.42. The summed E-state index contributed by atoms with van der Waals surface area (Å²) in [6.07, 6.45) is 2.25. The van der Waals surface area contributed by atoms with Crippen LogP contribution in [0.4, 0.5) is 11.5 Å². The molecule has 0 aliphatic heterocycles. The second-order valence-electron chi connectivity index (χ2n) is 9.02. The molecule has 0 unspecified atom stereocenters. The van der Waals surface area contributed by atoms with Crippen molar-refractivity contribution in [3.63, 3.8) is 0 Å². The number of hydrogen-bond acceptors (Lipinski definition) is 5. The van der Waals surface area contributed by atoms with Gasteiger partial charge in [0.25, 0.3) is 11.5 Å². The summed E-state index contributed by atoms with van der Waals surface area (Å²) in [6.45, 7) is 10.7. The van der Waals surface area contributed by atoms with Crippen LogP contribution >= 0.6 is 0 Å². The van der Waals surface area contributed by atoms with Crippen molar-refractivity contribution in [3.05, 3.63) is 68.1 Å². The summed E-state index contributed by atoms with van der Waals surface area (Å²) < 4.78 is 3.15. The first-order chi connectivity index (χ1) is 16.1. The fourth-order valence-electron chi connectivity index (χ4n) is 3.87. The van der Waals surface area contributed by atoms with Gasteiger partial charge in [-0.1, -0.05) is 27.2 Å². The van der Waals surface area contributed by atoms with Gasteiger partial charge in [0, 0.05) is 24.3 Å². The molecular formula is C25H34N6O3. The van der Waals surface area contributed by atoms with Gasteiger partial charge in [0.2, 0.25) is 0 Å². The molecule has 1 aromatic carbocycles. The molecule has 0 aliphatic carbocycles. The highest BCUT2D eigenvalue weighted by Crippen LogP contribution is 2.22. The minimum Gasteiger partial charge on any atom is -0.383 e. The molecule has 0 fully saturated rings. The Labute approximate surface area is 199 Å². The smallest absolute Gasteiger partial charge is 0.330 e. The van der Waals surface area contributed by atoms with Gasteiger partial charge >= 0.3 is 5.69 Å². The molecule has 3 rings (SSSR count). The standard InChI is InChI=1S/C25H34N6O3/c1-6-7-13-30-22(26)21(23(32)27-25(30)34)29(14-12-16(2)3)24(33)19-8-10-20(11-9-19)31-18(5)15-17(4)28-31/h8-11,15-16H,6-7,12-14,26H2,1-5H3,(H,27,32,34). The lowest BCUT2D eigenvalue weighted by Gasteiger charge is -2.25. The Bertz CT molecular complexity index is 1270. The van der Waals surface area contributed by atoms with Crippen molar-refractivity contribution >= 4 is 17.4 Å². The summed E-state index contributed by atoms with van der Waals surface area (Å²) in [5.41, 5.74) is 8.25. The van der Waals surface area contributed by atoms with E-state index in [4.69, 9.17) is 5.73 Å². The van der Waals surface area contributed by atoms with Gasteiger partial charge < -0.3 is 10.6 Å². The molecule has 182 valence electrons. The van der Waals surface area contributed by atoms with Crippen LogP contribution < -0.4 is 21.9 Å². The van der Waals surface area contributed by atoms with Crippen LogP contribution in [-0.2, 0) is 6.54 Å². The van der Waals surface area contributed by atoms with Gasteiger partial charge in [0.05, 0.1) is 11.4 Å². The Balaban J connectivity index is 2.03. The number of unbranched alkanes of at least 4 members (excludes halogenated alkanes) is 1. The summed E-state index contributed by atoms with van der Waals surface area (Å²) in [6, 6.07) is 9.06. The first-order valence-corrected chi connectivity index (χ1v) is 11.7. The normalized spacial score (nSPS) is 11.2. The number of nitrogens with zero attached hydrogens (tertiary/aromatic N) is 4. The van der Waals surface area contributed by atoms with E-state index in [1.807, 2.05) is 57.5 Å². The minimum absolute atomic E-state index is 0.0126. The largest absolute Gasteiger partial charge is 0.383 e. The molecule has 9 nitrogen and oxygen atoms in total. The number of aromatic nitrogens is 4. The maximum atomic E-state index is 13.6. The molecule has 34 heavy (non-hydrogen) atoms. The first-order valence-electron chi connectivity index (χ1n) is 11.7. The number of aryl methyl sites for hydroxylation is 2. The average Bonchev–Trinajstić information content (AvgIpc) is 3.13. The molecule has 3 N–H and O–H groups in total. The number of amides is 1. The summed E-state index contributed by atoms with van der Waals surface area (Å²) in [5.74, 6) is -0.0352. The third kappa shape index (κ3) is 5.30. The molecule has 0 atom stereocenters. The number of anilines is 2. The Morgan fingerprint density at radius 2 is 1.85 bits per heavy atom. The summed E-state index contributed by atoms with van der Waals surface area (Å²) in [5, 5.41) is 4.48. The van der Waals surface area contributed by atoms with Crippen molar-refractivity contribution in [2.75, 3.05) is 17.2 Å².